The molecule has 30 heavy (non-hydrogen) atoms. The highest BCUT2D eigenvalue weighted by molar-refractivity contribution is 5.98. The van der Waals surface area contributed by atoms with Crippen LogP contribution in [-0.4, -0.2) is 31.7 Å². The van der Waals surface area contributed by atoms with E-state index in [-0.39, 0.29) is 17.4 Å². The second-order valence-corrected chi connectivity index (χ2v) is 7.85. The summed E-state index contributed by atoms with van der Waals surface area (Å²) >= 11 is 0. The molecule has 1 atom stereocenters. The third-order valence-electron chi connectivity index (χ3n) is 4.47. The number of ether oxygens (including phenoxy) is 3. The van der Waals surface area contributed by atoms with Crippen LogP contribution in [0.4, 0.5) is 5.69 Å². The van der Waals surface area contributed by atoms with Crippen molar-refractivity contribution in [1.29, 1.82) is 0 Å². The van der Waals surface area contributed by atoms with Crippen molar-refractivity contribution in [2.24, 2.45) is 5.92 Å². The standard InChI is InChI=1S/C24H31NO5/c1-15(2)14-29-21-12-11-18(13-22(21)28-6)24(27)30-17(5)23(26)25-20-10-8-7-9-19(20)16(3)4/h7-13,15-17H,14H2,1-6H3,(H,25,26)/t17-/m1/s1. The van der Waals surface area contributed by atoms with Gasteiger partial charge in [-0.3, -0.25) is 4.79 Å². The molecule has 6 nitrogen and oxygen atoms in total. The lowest BCUT2D eigenvalue weighted by Gasteiger charge is -2.17. The fraction of sp³-hybridized carbons (Fsp3) is 0.417. The fourth-order valence-corrected chi connectivity index (χ4v) is 2.80. The first-order chi connectivity index (χ1) is 14.2. The van der Waals surface area contributed by atoms with Gasteiger partial charge in [-0.05, 0) is 48.6 Å². The van der Waals surface area contributed by atoms with Gasteiger partial charge in [0, 0.05) is 5.69 Å². The van der Waals surface area contributed by atoms with E-state index in [4.69, 9.17) is 14.2 Å². The largest absolute Gasteiger partial charge is 0.493 e. The van der Waals surface area contributed by atoms with E-state index in [9.17, 15) is 9.59 Å². The number of anilines is 1. The van der Waals surface area contributed by atoms with Crippen molar-refractivity contribution in [1.82, 2.24) is 0 Å². The zero-order valence-corrected chi connectivity index (χ0v) is 18.5. The van der Waals surface area contributed by atoms with Crippen molar-refractivity contribution in [2.75, 3.05) is 19.0 Å². The van der Waals surface area contributed by atoms with Crippen molar-refractivity contribution in [3.05, 3.63) is 53.6 Å². The van der Waals surface area contributed by atoms with E-state index in [2.05, 4.69) is 19.2 Å². The third kappa shape index (κ3) is 6.24. The molecule has 0 radical (unpaired) electrons. The Morgan fingerprint density at radius 3 is 2.30 bits per heavy atom. The van der Waals surface area contributed by atoms with E-state index in [1.54, 1.807) is 25.1 Å². The topological polar surface area (TPSA) is 73.9 Å². The van der Waals surface area contributed by atoms with Gasteiger partial charge < -0.3 is 19.5 Å². The molecule has 0 aliphatic rings. The Morgan fingerprint density at radius 2 is 1.67 bits per heavy atom. The van der Waals surface area contributed by atoms with Gasteiger partial charge in [-0.25, -0.2) is 4.79 Å². The number of benzene rings is 2. The van der Waals surface area contributed by atoms with Crippen molar-refractivity contribution in [3.63, 3.8) is 0 Å². The lowest BCUT2D eigenvalue weighted by molar-refractivity contribution is -0.123. The van der Waals surface area contributed by atoms with E-state index in [0.29, 0.717) is 29.7 Å². The Hall–Kier alpha value is -3.02. The van der Waals surface area contributed by atoms with Crippen molar-refractivity contribution in [2.45, 2.75) is 46.6 Å². The Kier molecular flexibility index (Phi) is 8.27. The number of carbonyl (C=O) groups is 2. The van der Waals surface area contributed by atoms with Gasteiger partial charge in [0.2, 0.25) is 0 Å². The maximum absolute atomic E-state index is 12.5. The number of methoxy groups -OCH3 is 1. The molecule has 2 aromatic carbocycles. The van der Waals surface area contributed by atoms with Crippen LogP contribution in [0.5, 0.6) is 11.5 Å². The molecular weight excluding hydrogens is 382 g/mol. The summed E-state index contributed by atoms with van der Waals surface area (Å²) in [6, 6.07) is 12.4. The van der Waals surface area contributed by atoms with Crippen molar-refractivity contribution >= 4 is 17.6 Å². The molecule has 0 aliphatic carbocycles. The van der Waals surface area contributed by atoms with Gasteiger partial charge in [0.25, 0.3) is 5.91 Å². The Morgan fingerprint density at radius 1 is 0.967 bits per heavy atom. The number of rotatable bonds is 9. The second-order valence-electron chi connectivity index (χ2n) is 7.85. The first kappa shape index (κ1) is 23.3. The molecule has 0 spiro atoms. The molecule has 0 heterocycles. The van der Waals surface area contributed by atoms with Gasteiger partial charge in [-0.2, -0.15) is 0 Å². The molecule has 2 rings (SSSR count). The van der Waals surface area contributed by atoms with Crippen molar-refractivity contribution < 1.29 is 23.8 Å². The third-order valence-corrected chi connectivity index (χ3v) is 4.47. The summed E-state index contributed by atoms with van der Waals surface area (Å²) in [4.78, 5) is 25.1. The summed E-state index contributed by atoms with van der Waals surface area (Å²) in [5.41, 5.74) is 2.02. The minimum absolute atomic E-state index is 0.253. The summed E-state index contributed by atoms with van der Waals surface area (Å²) < 4.78 is 16.4. The molecule has 0 saturated carbocycles. The average molecular weight is 414 g/mol. The van der Waals surface area contributed by atoms with Gasteiger partial charge in [0.05, 0.1) is 19.3 Å². The maximum Gasteiger partial charge on any atom is 0.339 e. The monoisotopic (exact) mass is 413 g/mol. The predicted octanol–water partition coefficient (Wildman–Crippen LogP) is 5.04. The van der Waals surface area contributed by atoms with Gasteiger partial charge in [-0.15, -0.1) is 0 Å². The summed E-state index contributed by atoms with van der Waals surface area (Å²) in [6.45, 7) is 10.3. The van der Waals surface area contributed by atoms with E-state index in [0.717, 1.165) is 5.56 Å². The Balaban J connectivity index is 2.05. The molecule has 162 valence electrons. The zero-order valence-electron chi connectivity index (χ0n) is 18.5. The second kappa shape index (κ2) is 10.7. The highest BCUT2D eigenvalue weighted by Gasteiger charge is 2.21. The number of hydrogen-bond acceptors (Lipinski definition) is 5. The fourth-order valence-electron chi connectivity index (χ4n) is 2.80. The van der Waals surface area contributed by atoms with Crippen LogP contribution in [0.2, 0.25) is 0 Å². The molecular formula is C24H31NO5. The van der Waals surface area contributed by atoms with E-state index < -0.39 is 12.1 Å². The lowest BCUT2D eigenvalue weighted by Crippen LogP contribution is -2.30. The van der Waals surface area contributed by atoms with Gasteiger partial charge in [-0.1, -0.05) is 45.9 Å². The summed E-state index contributed by atoms with van der Waals surface area (Å²) in [5.74, 6) is 0.610. The molecule has 0 fully saturated rings. The maximum atomic E-state index is 12.5. The number of esters is 1. The minimum Gasteiger partial charge on any atom is -0.493 e. The number of carbonyl (C=O) groups excluding carboxylic acids is 2. The molecule has 1 N–H and O–H groups in total. The normalized spacial score (nSPS) is 11.9. The molecule has 0 bridgehead atoms. The van der Waals surface area contributed by atoms with Crippen LogP contribution in [0.1, 0.15) is 56.5 Å². The molecule has 0 aliphatic heterocycles. The molecule has 0 aromatic heterocycles. The smallest absolute Gasteiger partial charge is 0.339 e. The van der Waals surface area contributed by atoms with Crippen LogP contribution < -0.4 is 14.8 Å². The van der Waals surface area contributed by atoms with E-state index in [1.807, 2.05) is 38.1 Å². The van der Waals surface area contributed by atoms with Gasteiger partial charge >= 0.3 is 5.97 Å². The molecule has 6 heteroatoms. The molecule has 2 aromatic rings. The summed E-state index contributed by atoms with van der Waals surface area (Å²) in [5, 5.41) is 2.85. The van der Waals surface area contributed by atoms with Crippen LogP contribution >= 0.6 is 0 Å². The number of para-hydroxylation sites is 1. The Labute approximate surface area is 178 Å². The average Bonchev–Trinajstić information content (AvgIpc) is 2.72. The number of amides is 1. The quantitative estimate of drug-likeness (QED) is 0.583. The highest BCUT2D eigenvalue weighted by Crippen LogP contribution is 2.29. The van der Waals surface area contributed by atoms with Crippen LogP contribution in [0.3, 0.4) is 0 Å². The molecule has 0 unspecified atom stereocenters. The molecule has 1 amide bonds. The minimum atomic E-state index is -0.958. The lowest BCUT2D eigenvalue weighted by atomic mass is 10.0. The van der Waals surface area contributed by atoms with Crippen LogP contribution in [-0.2, 0) is 9.53 Å². The first-order valence-corrected chi connectivity index (χ1v) is 10.1. The summed E-state index contributed by atoms with van der Waals surface area (Å²) in [7, 11) is 1.51. The summed E-state index contributed by atoms with van der Waals surface area (Å²) in [6.07, 6.45) is -0.958. The highest BCUT2D eigenvalue weighted by atomic mass is 16.5. The zero-order chi connectivity index (χ0) is 22.3. The van der Waals surface area contributed by atoms with Gasteiger partial charge in [0.1, 0.15) is 0 Å². The predicted molar refractivity (Wildman–Crippen MR) is 117 cm³/mol. The van der Waals surface area contributed by atoms with Crippen molar-refractivity contribution in [3.8, 4) is 11.5 Å². The Bertz CT molecular complexity index is 876. The van der Waals surface area contributed by atoms with Crippen LogP contribution in [0, 0.1) is 5.92 Å². The SMILES string of the molecule is COc1cc(C(=O)O[C@H](C)C(=O)Nc2ccccc2C(C)C)ccc1OCC(C)C. The number of hydrogen-bond donors (Lipinski definition) is 1. The van der Waals surface area contributed by atoms with Crippen LogP contribution in [0.25, 0.3) is 0 Å². The van der Waals surface area contributed by atoms with E-state index >= 15 is 0 Å². The molecule has 0 saturated heterocycles. The first-order valence-electron chi connectivity index (χ1n) is 10.1. The number of nitrogens with one attached hydrogen (secondary N) is 1. The van der Waals surface area contributed by atoms with Crippen LogP contribution in [0.15, 0.2) is 42.5 Å². The van der Waals surface area contributed by atoms with Gasteiger partial charge in [0.15, 0.2) is 17.6 Å². The van der Waals surface area contributed by atoms with E-state index in [1.165, 1.54) is 7.11 Å².